The van der Waals surface area contributed by atoms with Crippen molar-refractivity contribution in [2.45, 2.75) is 59.4 Å². The van der Waals surface area contributed by atoms with E-state index in [0.717, 1.165) is 25.5 Å². The molecule has 1 aliphatic carbocycles. The number of anilines is 2. The summed E-state index contributed by atoms with van der Waals surface area (Å²) in [4.78, 5) is 0. The van der Waals surface area contributed by atoms with Crippen LogP contribution in [-0.4, -0.2) is 41.9 Å². The summed E-state index contributed by atoms with van der Waals surface area (Å²) in [6.07, 6.45) is 3.64. The van der Waals surface area contributed by atoms with E-state index >= 15 is 0 Å². The van der Waals surface area contributed by atoms with Gasteiger partial charge < -0.3 is 24.6 Å². The normalized spacial score (nSPS) is 20.2. The molecule has 1 aromatic heterocycles. The Morgan fingerprint density at radius 2 is 1.97 bits per heavy atom. The van der Waals surface area contributed by atoms with Gasteiger partial charge in [-0.15, -0.1) is 0 Å². The number of amidine groups is 1. The Balaban J connectivity index is 1.81. The predicted molar refractivity (Wildman–Crippen MR) is 138 cm³/mol. The highest BCUT2D eigenvalue weighted by Gasteiger charge is 2.40. The smallest absolute Gasteiger partial charge is 0.348 e. The van der Waals surface area contributed by atoms with Crippen molar-refractivity contribution in [1.82, 2.24) is 4.57 Å². The molecule has 0 spiro atoms. The van der Waals surface area contributed by atoms with Gasteiger partial charge in [-0.05, 0) is 49.8 Å². The van der Waals surface area contributed by atoms with E-state index in [4.69, 9.17) is 4.52 Å². The number of nitrogens with one attached hydrogen (secondary N) is 2. The van der Waals surface area contributed by atoms with Crippen LogP contribution in [0.25, 0.3) is 0 Å². The maximum atomic E-state index is 13.9. The second-order valence-corrected chi connectivity index (χ2v) is 14.0. The van der Waals surface area contributed by atoms with Crippen molar-refractivity contribution in [1.29, 1.82) is 0 Å². The minimum atomic E-state index is -3.85. The first kappa shape index (κ1) is 25.6. The molecular formula is C23H33N4O6PS. The van der Waals surface area contributed by atoms with Gasteiger partial charge >= 0.3 is 7.52 Å². The maximum Gasteiger partial charge on any atom is 0.348 e. The SMILES string of the molecule is CCOP1(=O)N=C(c2c(O)c(C3CC3)n(CCC(C)(C)C)c2O)Nc2ccc(NS(C)(=O)=O)cc21. The zero-order valence-electron chi connectivity index (χ0n) is 20.6. The Kier molecular flexibility index (Phi) is 6.49. The molecule has 35 heavy (non-hydrogen) atoms. The summed E-state index contributed by atoms with van der Waals surface area (Å²) >= 11 is 0. The fourth-order valence-corrected chi connectivity index (χ4v) is 6.51. The molecule has 12 heteroatoms. The Bertz CT molecular complexity index is 1340. The average Bonchev–Trinajstić information content (AvgIpc) is 3.51. The van der Waals surface area contributed by atoms with Gasteiger partial charge in [-0.3, -0.25) is 9.29 Å². The summed E-state index contributed by atoms with van der Waals surface area (Å²) in [5.74, 6) is -0.0206. The second kappa shape index (κ2) is 8.87. The summed E-state index contributed by atoms with van der Waals surface area (Å²) in [5.41, 5.74) is 1.39. The summed E-state index contributed by atoms with van der Waals surface area (Å²) in [5, 5.41) is 25.7. The third-order valence-corrected chi connectivity index (χ3v) is 8.59. The van der Waals surface area contributed by atoms with Crippen LogP contribution in [0, 0.1) is 5.41 Å². The molecule has 4 N–H and O–H groups in total. The van der Waals surface area contributed by atoms with E-state index in [1.807, 2.05) is 0 Å². The molecule has 0 saturated heterocycles. The first-order valence-electron chi connectivity index (χ1n) is 11.6. The maximum absolute atomic E-state index is 13.9. The van der Waals surface area contributed by atoms with Gasteiger partial charge in [-0.1, -0.05) is 20.8 Å². The molecule has 2 heterocycles. The fraction of sp³-hybridized carbons (Fsp3) is 0.522. The number of sulfonamides is 1. The fourth-order valence-electron chi connectivity index (χ4n) is 4.15. The molecule has 1 fully saturated rings. The van der Waals surface area contributed by atoms with E-state index in [1.165, 1.54) is 12.1 Å². The van der Waals surface area contributed by atoms with E-state index in [-0.39, 0.29) is 52.0 Å². The van der Waals surface area contributed by atoms with Gasteiger partial charge in [0.25, 0.3) is 0 Å². The molecular weight excluding hydrogens is 491 g/mol. The third-order valence-electron chi connectivity index (χ3n) is 5.93. The van der Waals surface area contributed by atoms with E-state index in [9.17, 15) is 23.2 Å². The number of aromatic hydroxyl groups is 2. The van der Waals surface area contributed by atoms with Crippen molar-refractivity contribution in [3.05, 3.63) is 29.5 Å². The number of benzene rings is 1. The zero-order chi connectivity index (χ0) is 25.8. The number of rotatable bonds is 8. The highest BCUT2D eigenvalue weighted by molar-refractivity contribution is 7.92. The first-order chi connectivity index (χ1) is 16.2. The summed E-state index contributed by atoms with van der Waals surface area (Å²) in [7, 11) is -7.40. The molecule has 1 atom stereocenters. The van der Waals surface area contributed by atoms with Crippen LogP contribution in [0.2, 0.25) is 0 Å². The molecule has 0 bridgehead atoms. The zero-order valence-corrected chi connectivity index (χ0v) is 22.3. The van der Waals surface area contributed by atoms with Crippen LogP contribution in [0.4, 0.5) is 11.4 Å². The number of hydrogen-bond acceptors (Lipinski definition) is 7. The Morgan fingerprint density at radius 3 is 2.54 bits per heavy atom. The summed E-state index contributed by atoms with van der Waals surface area (Å²) < 4.78 is 51.2. The first-order valence-corrected chi connectivity index (χ1v) is 15.1. The number of nitrogens with zero attached hydrogens (tertiary/aromatic N) is 2. The topological polar surface area (TPSA) is 142 Å². The minimum absolute atomic E-state index is 0.0231. The predicted octanol–water partition coefficient (Wildman–Crippen LogP) is 4.31. The molecule has 2 aromatic rings. The van der Waals surface area contributed by atoms with Crippen molar-refractivity contribution in [2.24, 2.45) is 10.2 Å². The number of fused-ring (bicyclic) bond motifs is 1. The lowest BCUT2D eigenvalue weighted by atomic mass is 9.92. The van der Waals surface area contributed by atoms with Crippen LogP contribution in [0.1, 0.15) is 64.1 Å². The molecule has 2 aliphatic rings. The van der Waals surface area contributed by atoms with Crippen LogP contribution in [0.15, 0.2) is 23.0 Å². The molecule has 0 amide bonds. The van der Waals surface area contributed by atoms with Crippen molar-refractivity contribution in [2.75, 3.05) is 22.9 Å². The summed E-state index contributed by atoms with van der Waals surface area (Å²) in [6, 6.07) is 4.51. The second-order valence-electron chi connectivity index (χ2n) is 10.3. The Labute approximate surface area is 206 Å². The number of aromatic nitrogens is 1. The van der Waals surface area contributed by atoms with Crippen LogP contribution in [0.5, 0.6) is 11.6 Å². The summed E-state index contributed by atoms with van der Waals surface area (Å²) in [6.45, 7) is 8.62. The minimum Gasteiger partial charge on any atom is -0.505 e. The number of hydrogen-bond donors (Lipinski definition) is 4. The average molecular weight is 525 g/mol. The van der Waals surface area contributed by atoms with Gasteiger partial charge in [0.15, 0.2) is 11.6 Å². The molecule has 1 unspecified atom stereocenters. The van der Waals surface area contributed by atoms with Crippen LogP contribution >= 0.6 is 7.52 Å². The molecule has 1 aliphatic heterocycles. The van der Waals surface area contributed by atoms with Gasteiger partial charge in [-0.25, -0.2) is 8.42 Å². The lowest BCUT2D eigenvalue weighted by molar-refractivity contribution is 0.327. The molecule has 4 rings (SSSR count). The van der Waals surface area contributed by atoms with Crippen molar-refractivity contribution < 1.29 is 27.7 Å². The monoisotopic (exact) mass is 524 g/mol. The van der Waals surface area contributed by atoms with Crippen molar-refractivity contribution >= 4 is 40.1 Å². The van der Waals surface area contributed by atoms with Gasteiger partial charge in [0.1, 0.15) is 5.56 Å². The largest absolute Gasteiger partial charge is 0.505 e. The van der Waals surface area contributed by atoms with E-state index in [2.05, 4.69) is 35.6 Å². The Morgan fingerprint density at radius 1 is 1.29 bits per heavy atom. The van der Waals surface area contributed by atoms with Gasteiger partial charge in [-0.2, -0.15) is 4.76 Å². The highest BCUT2D eigenvalue weighted by Crippen LogP contribution is 2.55. The van der Waals surface area contributed by atoms with E-state index in [0.29, 0.717) is 17.9 Å². The lowest BCUT2D eigenvalue weighted by Gasteiger charge is -2.25. The van der Waals surface area contributed by atoms with Crippen LogP contribution < -0.4 is 15.3 Å². The molecule has 10 nitrogen and oxygen atoms in total. The molecule has 1 aromatic carbocycles. The third kappa shape index (κ3) is 5.37. The van der Waals surface area contributed by atoms with Crippen molar-refractivity contribution in [3.8, 4) is 11.6 Å². The van der Waals surface area contributed by atoms with E-state index in [1.54, 1.807) is 17.6 Å². The van der Waals surface area contributed by atoms with E-state index < -0.39 is 17.5 Å². The standard InChI is InChI=1S/C23H33N4O6PS/c1-6-33-34(30)17-13-15(26-35(5,31)32)9-10-16(17)24-21(25-34)18-20(28)19(14-7-8-14)27(22(18)29)12-11-23(2,3)4/h9-10,13-14,26,28-29H,6-8,11-12H2,1-5H3,(H,24,25,30). The van der Waals surface area contributed by atoms with Crippen molar-refractivity contribution in [3.63, 3.8) is 0 Å². The Hall–Kier alpha value is -2.49. The lowest BCUT2D eigenvalue weighted by Crippen LogP contribution is -2.26. The van der Waals surface area contributed by atoms with Gasteiger partial charge in [0.05, 0.1) is 29.5 Å². The molecule has 1 saturated carbocycles. The van der Waals surface area contributed by atoms with Gasteiger partial charge in [0, 0.05) is 18.2 Å². The quantitative estimate of drug-likeness (QED) is 0.377. The highest BCUT2D eigenvalue weighted by atomic mass is 32.2. The molecule has 192 valence electrons. The van der Waals surface area contributed by atoms with Crippen LogP contribution in [0.3, 0.4) is 0 Å². The van der Waals surface area contributed by atoms with Gasteiger partial charge in [0.2, 0.25) is 15.9 Å². The van der Waals surface area contributed by atoms with Crippen LogP contribution in [-0.2, 0) is 25.7 Å². The molecule has 0 radical (unpaired) electrons.